The molecule has 0 radical (unpaired) electrons. The number of hydrogen-bond donors (Lipinski definition) is 2. The molecular formula is C13H23N3O2S. The summed E-state index contributed by atoms with van der Waals surface area (Å²) in [7, 11) is 5.59. The Hall–Kier alpha value is -1.27. The Labute approximate surface area is 118 Å². The molecular weight excluding hydrogens is 262 g/mol. The number of likely N-dealkylation sites (N-methyl/N-ethyl adjacent to an activating group) is 1. The lowest BCUT2D eigenvalue weighted by Crippen LogP contribution is -2.20. The lowest BCUT2D eigenvalue weighted by Gasteiger charge is -2.11. The Morgan fingerprint density at radius 2 is 2.11 bits per heavy atom. The topological polar surface area (TPSA) is 67.6 Å². The van der Waals surface area contributed by atoms with Crippen molar-refractivity contribution in [2.45, 2.75) is 13.8 Å². The van der Waals surface area contributed by atoms with Gasteiger partial charge in [-0.2, -0.15) is 0 Å². The maximum atomic E-state index is 12.1. The van der Waals surface area contributed by atoms with E-state index in [9.17, 15) is 4.79 Å². The van der Waals surface area contributed by atoms with Gasteiger partial charge in [-0.1, -0.05) is 13.8 Å². The number of Topliss-reactive ketones (excluding diaryl/α,β-unsaturated/α-hetero) is 1. The van der Waals surface area contributed by atoms with Crippen molar-refractivity contribution in [1.29, 1.82) is 0 Å². The van der Waals surface area contributed by atoms with Crippen LogP contribution in [0.5, 0.6) is 5.75 Å². The van der Waals surface area contributed by atoms with Crippen LogP contribution >= 0.6 is 11.3 Å². The Balaban J connectivity index is 2.92. The number of nitrogens with zero attached hydrogens (tertiary/aromatic N) is 1. The number of nitrogens with two attached hydrogens (primary N) is 1. The molecule has 108 valence electrons. The molecule has 6 heteroatoms. The summed E-state index contributed by atoms with van der Waals surface area (Å²) in [5.74, 6) is 0.564. The Morgan fingerprint density at radius 1 is 1.47 bits per heavy atom. The molecule has 1 aromatic rings. The maximum Gasteiger partial charge on any atom is 0.177 e. The highest BCUT2D eigenvalue weighted by atomic mass is 32.1. The average Bonchev–Trinajstić information content (AvgIpc) is 2.64. The Kier molecular flexibility index (Phi) is 5.62. The first-order valence-electron chi connectivity index (χ1n) is 6.27. The number of nitrogen functional groups attached to an aromatic ring is 1. The van der Waals surface area contributed by atoms with Gasteiger partial charge in [0.2, 0.25) is 0 Å². The number of methoxy groups -OCH3 is 1. The van der Waals surface area contributed by atoms with Crippen LogP contribution in [0.15, 0.2) is 0 Å². The third-order valence-corrected chi connectivity index (χ3v) is 3.86. The van der Waals surface area contributed by atoms with E-state index in [0.717, 1.165) is 18.1 Å². The molecule has 0 aliphatic carbocycles. The number of rotatable bonds is 7. The standard InChI is InChI=1S/C13H23N3O2S/c1-8(2)10(17)12-9(14)11(18-5)13(19-12)15-6-7-16(3)4/h8,15H,6-7,14H2,1-5H3. The summed E-state index contributed by atoms with van der Waals surface area (Å²) in [4.78, 5) is 14.7. The molecule has 0 unspecified atom stereocenters. The number of carbonyl (C=O) groups is 1. The first-order chi connectivity index (χ1) is 8.88. The molecule has 0 aromatic carbocycles. The van der Waals surface area contributed by atoms with E-state index in [1.807, 2.05) is 27.9 Å². The summed E-state index contributed by atoms with van der Waals surface area (Å²) in [5, 5.41) is 4.10. The predicted octanol–water partition coefficient (Wildman–Crippen LogP) is 2.15. The summed E-state index contributed by atoms with van der Waals surface area (Å²) in [6.07, 6.45) is 0. The van der Waals surface area contributed by atoms with Crippen LogP contribution in [0.1, 0.15) is 23.5 Å². The molecule has 0 aliphatic heterocycles. The smallest absolute Gasteiger partial charge is 0.177 e. The summed E-state index contributed by atoms with van der Waals surface area (Å²) in [6.45, 7) is 5.41. The van der Waals surface area contributed by atoms with Gasteiger partial charge in [0.1, 0.15) is 5.00 Å². The second kappa shape index (κ2) is 6.77. The fraction of sp³-hybridized carbons (Fsp3) is 0.615. The van der Waals surface area contributed by atoms with E-state index in [1.165, 1.54) is 11.3 Å². The van der Waals surface area contributed by atoms with Gasteiger partial charge in [0, 0.05) is 19.0 Å². The number of carbonyl (C=O) groups excluding carboxylic acids is 1. The van der Waals surface area contributed by atoms with Crippen LogP contribution in [0, 0.1) is 5.92 Å². The zero-order valence-corrected chi connectivity index (χ0v) is 13.1. The first kappa shape index (κ1) is 15.8. The van der Waals surface area contributed by atoms with Crippen molar-refractivity contribution in [2.75, 3.05) is 45.3 Å². The van der Waals surface area contributed by atoms with E-state index in [0.29, 0.717) is 16.3 Å². The van der Waals surface area contributed by atoms with Crippen LogP contribution in [0.4, 0.5) is 10.7 Å². The molecule has 3 N–H and O–H groups in total. The monoisotopic (exact) mass is 285 g/mol. The predicted molar refractivity (Wildman–Crippen MR) is 81.5 cm³/mol. The summed E-state index contributed by atoms with van der Waals surface area (Å²) >= 11 is 1.37. The van der Waals surface area contributed by atoms with Crippen molar-refractivity contribution in [2.24, 2.45) is 5.92 Å². The van der Waals surface area contributed by atoms with Crippen molar-refractivity contribution in [3.05, 3.63) is 4.88 Å². The van der Waals surface area contributed by atoms with E-state index in [4.69, 9.17) is 10.5 Å². The summed E-state index contributed by atoms with van der Waals surface area (Å²) in [6, 6.07) is 0. The number of ketones is 1. The minimum Gasteiger partial charge on any atom is -0.492 e. The lowest BCUT2D eigenvalue weighted by molar-refractivity contribution is 0.0944. The quantitative estimate of drug-likeness (QED) is 0.751. The highest BCUT2D eigenvalue weighted by Gasteiger charge is 2.23. The van der Waals surface area contributed by atoms with E-state index in [1.54, 1.807) is 7.11 Å². The first-order valence-corrected chi connectivity index (χ1v) is 7.09. The van der Waals surface area contributed by atoms with Crippen LogP contribution in [0.25, 0.3) is 0 Å². The molecule has 0 amide bonds. The van der Waals surface area contributed by atoms with Gasteiger partial charge in [-0.15, -0.1) is 11.3 Å². The Bertz CT molecular complexity index is 441. The van der Waals surface area contributed by atoms with Crippen LogP contribution < -0.4 is 15.8 Å². The number of ether oxygens (including phenoxy) is 1. The Morgan fingerprint density at radius 3 is 2.58 bits per heavy atom. The van der Waals surface area contributed by atoms with Gasteiger partial charge >= 0.3 is 0 Å². The molecule has 19 heavy (non-hydrogen) atoms. The number of anilines is 2. The maximum absolute atomic E-state index is 12.1. The molecule has 0 saturated heterocycles. The summed E-state index contributed by atoms with van der Waals surface area (Å²) in [5.41, 5.74) is 6.44. The van der Waals surface area contributed by atoms with Crippen molar-refractivity contribution in [3.63, 3.8) is 0 Å². The van der Waals surface area contributed by atoms with Crippen LogP contribution in [0.2, 0.25) is 0 Å². The molecule has 0 atom stereocenters. The number of thiophene rings is 1. The highest BCUT2D eigenvalue weighted by Crippen LogP contribution is 2.43. The minimum absolute atomic E-state index is 0.0569. The summed E-state index contributed by atoms with van der Waals surface area (Å²) < 4.78 is 5.30. The minimum atomic E-state index is -0.0692. The van der Waals surface area contributed by atoms with E-state index < -0.39 is 0 Å². The van der Waals surface area contributed by atoms with Crippen LogP contribution in [0.3, 0.4) is 0 Å². The molecule has 5 nitrogen and oxygen atoms in total. The molecule has 0 aliphatic rings. The molecule has 1 rings (SSSR count). The van der Waals surface area contributed by atoms with E-state index in [2.05, 4.69) is 10.2 Å². The molecule has 0 fully saturated rings. The second-order valence-corrected chi connectivity index (χ2v) is 5.98. The van der Waals surface area contributed by atoms with Crippen molar-refractivity contribution < 1.29 is 9.53 Å². The van der Waals surface area contributed by atoms with E-state index in [-0.39, 0.29) is 11.7 Å². The number of nitrogens with one attached hydrogen (secondary N) is 1. The van der Waals surface area contributed by atoms with Crippen molar-refractivity contribution in [3.8, 4) is 5.75 Å². The fourth-order valence-corrected chi connectivity index (χ4v) is 2.79. The number of hydrogen-bond acceptors (Lipinski definition) is 6. The lowest BCUT2D eigenvalue weighted by atomic mass is 10.1. The third-order valence-electron chi connectivity index (χ3n) is 2.70. The molecule has 1 heterocycles. The van der Waals surface area contributed by atoms with Crippen molar-refractivity contribution >= 4 is 27.8 Å². The van der Waals surface area contributed by atoms with Gasteiger partial charge in [0.05, 0.1) is 17.7 Å². The van der Waals surface area contributed by atoms with Gasteiger partial charge in [0.25, 0.3) is 0 Å². The van der Waals surface area contributed by atoms with Gasteiger partial charge in [-0.3, -0.25) is 4.79 Å². The van der Waals surface area contributed by atoms with E-state index >= 15 is 0 Å². The molecule has 0 saturated carbocycles. The van der Waals surface area contributed by atoms with Crippen molar-refractivity contribution in [1.82, 2.24) is 4.90 Å². The average molecular weight is 285 g/mol. The van der Waals surface area contributed by atoms with Crippen LogP contribution in [-0.2, 0) is 0 Å². The van der Waals surface area contributed by atoms with Gasteiger partial charge < -0.3 is 20.7 Å². The fourth-order valence-electron chi connectivity index (χ4n) is 1.59. The highest BCUT2D eigenvalue weighted by molar-refractivity contribution is 7.19. The van der Waals surface area contributed by atoms with Gasteiger partial charge in [-0.05, 0) is 14.1 Å². The van der Waals surface area contributed by atoms with Gasteiger partial charge in [-0.25, -0.2) is 0 Å². The van der Waals surface area contributed by atoms with Gasteiger partial charge in [0.15, 0.2) is 11.5 Å². The molecule has 1 aromatic heterocycles. The zero-order chi connectivity index (χ0) is 14.6. The molecule has 0 bridgehead atoms. The molecule has 0 spiro atoms. The largest absolute Gasteiger partial charge is 0.492 e. The third kappa shape index (κ3) is 3.84. The second-order valence-electron chi connectivity index (χ2n) is 4.96. The van der Waals surface area contributed by atoms with Crippen LogP contribution in [-0.4, -0.2) is 45.0 Å². The zero-order valence-electron chi connectivity index (χ0n) is 12.2. The SMILES string of the molecule is COc1c(NCCN(C)C)sc(C(=O)C(C)C)c1N. The normalized spacial score (nSPS) is 11.1.